The number of aliphatic hydroxyl groups is 1. The SMILES string of the molecule is C.C.CCCCC(F)(F)C(=O)CC[C@H]1C=CC(=O)[C@@H]1CCCCCCCCC(=O)OCc1ccccc1.CCCCC(F)(F)C(=O)CC[C@H]1C=CC(=O)[C@@H]1CCCCCCCCC(=O)OCc1ccccc1.CCCCC(F)(F)C(=O)CC[C@H]1CCC(=O)[C@@H]1CCCCCCCCC(=O)O.CCCCC(F)(F)C(=O)CC[C@H]1[C@H](O)CC(=O)[C@@H]1CCCCCCCCC(=O)OCc1ccccc1. The second kappa shape index (κ2) is 71.3. The largest absolute Gasteiger partial charge is 0.481 e. The van der Waals surface area contributed by atoms with Crippen LogP contribution in [0.2, 0.25) is 0 Å². The smallest absolute Gasteiger partial charge is 0.306 e. The van der Waals surface area contributed by atoms with Crippen LogP contribution in [0, 0.1) is 47.3 Å². The standard InChI is InChI=1S/C29H42F2O5.2C29H40F2O4.C22H36F2O4.2CH4/c1-2-3-19-29(30,31)27(34)18-17-24-23(25(32)20-26(24)33)15-11-6-4-5-7-12-16-28(35)36-21-22-13-9-8-10-14-22;2*1-2-3-21-29(30,31)27(33)20-18-24-17-19-26(32)25(24)15-11-6-4-5-7-12-16-28(34)35-22-23-13-9-8-10-14-23;1-2-3-16-22(23,24)20(26)15-13-17-12-14-19(25)18(17)10-8-6-4-5-7-9-11-21(27)28;;/h8-10,13-14,23-24,26,33H,2-7,11-12,15-21H2,1H3;2*8-10,13-14,17,19,24-25H,2-7,11-12,15-16,18,20-22H2,1H3;17-18H,2-16H2,1H3,(H,27,28);2*1H4/t23-,24-,26-;2*24-,25-;17-,18-;;/m1111../s1. The maximum absolute atomic E-state index is 14.0. The molecule has 0 heterocycles. The Kier molecular flexibility index (Phi) is 64.9. The third kappa shape index (κ3) is 52.2. The van der Waals surface area contributed by atoms with E-state index in [9.17, 15) is 97.8 Å². The zero-order valence-corrected chi connectivity index (χ0v) is 80.7. The molecule has 2 saturated carbocycles. The van der Waals surface area contributed by atoms with Crippen LogP contribution in [0.3, 0.4) is 0 Å². The molecule has 136 heavy (non-hydrogen) atoms. The lowest BCUT2D eigenvalue weighted by atomic mass is 9.85. The van der Waals surface area contributed by atoms with Crippen LogP contribution in [0.15, 0.2) is 115 Å². The highest BCUT2D eigenvalue weighted by atomic mass is 19.3. The fraction of sp³-hybridized carbons (Fsp3) is 0.694. The Balaban J connectivity index is 0.000000613. The molecule has 0 saturated heterocycles. The summed E-state index contributed by atoms with van der Waals surface area (Å²) in [5, 5.41) is 18.9. The van der Waals surface area contributed by atoms with Gasteiger partial charge in [0.05, 0.1) is 6.10 Å². The Bertz CT molecular complexity index is 3810. The zero-order chi connectivity index (χ0) is 98.4. The van der Waals surface area contributed by atoms with Gasteiger partial charge in [-0.15, -0.1) is 0 Å². The van der Waals surface area contributed by atoms with Crippen LogP contribution in [0.25, 0.3) is 0 Å². The van der Waals surface area contributed by atoms with Crippen LogP contribution < -0.4 is 0 Å². The normalized spacial score (nSPS) is 18.5. The van der Waals surface area contributed by atoms with Crippen molar-refractivity contribution in [2.45, 2.75) is 445 Å². The molecule has 2 N–H and O–H groups in total. The second-order valence-corrected chi connectivity index (χ2v) is 37.5. The molecule has 0 unspecified atom stereocenters. The molecule has 0 amide bonds. The average Bonchev–Trinajstić information content (AvgIpc) is 1.52. The first-order valence-electron chi connectivity index (χ1n) is 50.8. The molecule has 0 aliphatic heterocycles. The van der Waals surface area contributed by atoms with Gasteiger partial charge < -0.3 is 24.4 Å². The van der Waals surface area contributed by atoms with Crippen molar-refractivity contribution < 1.29 is 117 Å². The number of rotatable bonds is 70. The minimum atomic E-state index is -3.32. The molecule has 3 aromatic rings. The van der Waals surface area contributed by atoms with E-state index >= 15 is 0 Å². The number of allylic oxidation sites excluding steroid dienone is 4. The van der Waals surface area contributed by atoms with Crippen LogP contribution in [0.1, 0.15) is 412 Å². The number of ether oxygens (including phenoxy) is 3. The summed E-state index contributed by atoms with van der Waals surface area (Å²) in [6.07, 6.45) is 36.4. The molecule has 3 aromatic carbocycles. The van der Waals surface area contributed by atoms with E-state index in [0.29, 0.717) is 135 Å². The summed E-state index contributed by atoms with van der Waals surface area (Å²) in [6, 6.07) is 28.8. The lowest BCUT2D eigenvalue weighted by Gasteiger charge is -2.22. The first-order valence-corrected chi connectivity index (χ1v) is 50.8. The van der Waals surface area contributed by atoms with E-state index in [1.54, 1.807) is 31.2 Å². The van der Waals surface area contributed by atoms with Crippen LogP contribution in [0.4, 0.5) is 35.1 Å². The van der Waals surface area contributed by atoms with Crippen LogP contribution in [-0.4, -0.2) is 110 Å². The number of hydrogen-bond donors (Lipinski definition) is 2. The highest BCUT2D eigenvalue weighted by molar-refractivity contribution is 5.95. The highest BCUT2D eigenvalue weighted by Crippen LogP contribution is 2.41. The summed E-state index contributed by atoms with van der Waals surface area (Å²) in [6.45, 7) is 8.19. The number of unbranched alkanes of at least 4 members (excludes halogenated alkanes) is 24. The molecule has 0 radical (unpaired) electrons. The average molecular weight is 1920 g/mol. The first-order chi connectivity index (χ1) is 64.2. The van der Waals surface area contributed by atoms with Crippen molar-refractivity contribution in [3.63, 3.8) is 0 Å². The van der Waals surface area contributed by atoms with Crippen molar-refractivity contribution in [2.75, 3.05) is 0 Å². The Morgan fingerprint density at radius 3 is 0.926 bits per heavy atom. The van der Waals surface area contributed by atoms with Gasteiger partial charge in [0.1, 0.15) is 31.4 Å². The van der Waals surface area contributed by atoms with E-state index in [1.165, 1.54) is 0 Å². The molecule has 17 nitrogen and oxygen atoms in total. The molecule has 7 rings (SSSR count). The number of esters is 3. The van der Waals surface area contributed by atoms with E-state index in [2.05, 4.69) is 0 Å². The van der Waals surface area contributed by atoms with Crippen LogP contribution in [-0.2, 0) is 91.6 Å². The number of ketones is 8. The summed E-state index contributed by atoms with van der Waals surface area (Å²) in [4.78, 5) is 143. The van der Waals surface area contributed by atoms with E-state index in [-0.39, 0.29) is 162 Å². The number of alkyl halides is 8. The van der Waals surface area contributed by atoms with Gasteiger partial charge in [-0.3, -0.25) is 57.5 Å². The molecule has 25 heteroatoms. The molecular formula is C111H166F8O17. The number of carboxylic acids is 1. The number of carbonyl (C=O) groups is 12. The Hall–Kier alpha value is -8.22. The molecule has 0 aromatic heterocycles. The maximum Gasteiger partial charge on any atom is 0.306 e. The summed E-state index contributed by atoms with van der Waals surface area (Å²) >= 11 is 0. The summed E-state index contributed by atoms with van der Waals surface area (Å²) in [5.41, 5.74) is 2.93. The van der Waals surface area contributed by atoms with E-state index < -0.39 is 71.2 Å². The maximum atomic E-state index is 14.0. The molecule has 4 aliphatic rings. The van der Waals surface area contributed by atoms with E-state index in [0.717, 1.165) is 184 Å². The van der Waals surface area contributed by atoms with Gasteiger partial charge in [0.2, 0.25) is 23.1 Å². The number of carboxylic acid groups (broad SMARTS) is 1. The molecule has 768 valence electrons. The van der Waals surface area contributed by atoms with Gasteiger partial charge in [0, 0.05) is 114 Å². The molecule has 2 fully saturated rings. The molecule has 9 atom stereocenters. The number of halogens is 8. The molecule has 0 bridgehead atoms. The van der Waals surface area contributed by atoms with Crippen molar-refractivity contribution in [3.8, 4) is 0 Å². The number of hydrogen-bond acceptors (Lipinski definition) is 16. The molecule has 4 aliphatic carbocycles. The van der Waals surface area contributed by atoms with Crippen molar-refractivity contribution in [2.24, 2.45) is 47.3 Å². The first kappa shape index (κ1) is 124. The lowest BCUT2D eigenvalue weighted by Crippen LogP contribution is -2.30. The number of Topliss-reactive ketones (excluding diaryl/α,β-unsaturated/α-hetero) is 6. The van der Waals surface area contributed by atoms with Gasteiger partial charge in [0.15, 0.2) is 11.6 Å². The Morgan fingerprint density at radius 2 is 0.610 bits per heavy atom. The summed E-state index contributed by atoms with van der Waals surface area (Å²) in [7, 11) is 0. The number of aliphatic carboxylic acids is 1. The Labute approximate surface area is 807 Å². The van der Waals surface area contributed by atoms with Gasteiger partial charge >= 0.3 is 47.6 Å². The summed E-state index contributed by atoms with van der Waals surface area (Å²) in [5.74, 6) is -19.5. The molecule has 0 spiro atoms. The van der Waals surface area contributed by atoms with Gasteiger partial charge in [-0.2, -0.15) is 35.1 Å². The van der Waals surface area contributed by atoms with Crippen molar-refractivity contribution in [3.05, 3.63) is 132 Å². The summed E-state index contributed by atoms with van der Waals surface area (Å²) < 4.78 is 127. The monoisotopic (exact) mass is 1920 g/mol. The van der Waals surface area contributed by atoms with Crippen molar-refractivity contribution >= 4 is 70.1 Å². The van der Waals surface area contributed by atoms with Gasteiger partial charge in [0.25, 0.3) is 0 Å². The predicted octanol–water partition coefficient (Wildman–Crippen LogP) is 28.6. The molecular weight excluding hydrogens is 1760 g/mol. The fourth-order valence-electron chi connectivity index (χ4n) is 18.1. The highest BCUT2D eigenvalue weighted by Gasteiger charge is 2.45. The van der Waals surface area contributed by atoms with Crippen molar-refractivity contribution in [1.29, 1.82) is 0 Å². The zero-order valence-electron chi connectivity index (χ0n) is 80.7. The second-order valence-electron chi connectivity index (χ2n) is 37.5. The van der Waals surface area contributed by atoms with Crippen molar-refractivity contribution in [1.82, 2.24) is 0 Å². The van der Waals surface area contributed by atoms with E-state index in [1.807, 2.05) is 112 Å². The topological polar surface area (TPSA) is 273 Å². The minimum Gasteiger partial charge on any atom is -0.481 e. The van der Waals surface area contributed by atoms with E-state index in [4.69, 9.17) is 19.3 Å². The van der Waals surface area contributed by atoms with Gasteiger partial charge in [-0.05, 0) is 162 Å². The van der Waals surface area contributed by atoms with Crippen LogP contribution >= 0.6 is 0 Å². The third-order valence-electron chi connectivity index (χ3n) is 26.5. The van der Waals surface area contributed by atoms with Gasteiger partial charge in [-0.1, -0.05) is 300 Å². The van der Waals surface area contributed by atoms with Gasteiger partial charge in [-0.25, -0.2) is 0 Å². The minimum absolute atomic E-state index is 0. The Morgan fingerprint density at radius 1 is 0.331 bits per heavy atom. The number of aliphatic hydroxyl groups excluding tert-OH is 1. The number of carbonyl (C=O) groups excluding carboxylic acids is 11. The fourth-order valence-corrected chi connectivity index (χ4v) is 18.1. The van der Waals surface area contributed by atoms with Crippen LogP contribution in [0.5, 0.6) is 0 Å². The quantitative estimate of drug-likeness (QED) is 0.0230. The predicted molar refractivity (Wildman–Crippen MR) is 518 cm³/mol. The number of benzene rings is 3. The third-order valence-corrected chi connectivity index (χ3v) is 26.5. The lowest BCUT2D eigenvalue weighted by molar-refractivity contribution is -0.146.